The Morgan fingerprint density at radius 2 is 0.850 bits per heavy atom. The van der Waals surface area contributed by atoms with Crippen LogP contribution in [-0.2, 0) is 0 Å². The Bertz CT molecular complexity index is 535. The number of rotatable bonds is 3. The molecule has 0 unspecified atom stereocenters. The summed E-state index contributed by atoms with van der Waals surface area (Å²) in [5, 5.41) is 1.85. The smallest absolute Gasteiger partial charge is 0.0521 e. The highest BCUT2D eigenvalue weighted by Crippen LogP contribution is 2.38. The van der Waals surface area contributed by atoms with Crippen molar-refractivity contribution < 1.29 is 0 Å². The summed E-state index contributed by atoms with van der Waals surface area (Å²) >= 11 is 24.6. The molecule has 2 nitrogen and oxygen atoms in total. The van der Waals surface area contributed by atoms with Gasteiger partial charge in [-0.3, -0.25) is 0 Å². The first kappa shape index (κ1) is 15.9. The molecule has 20 heavy (non-hydrogen) atoms. The zero-order valence-corrected chi connectivity index (χ0v) is 13.3. The molecule has 0 aliphatic carbocycles. The van der Waals surface area contributed by atoms with Crippen LogP contribution in [0.4, 0.5) is 0 Å². The molecule has 2 atom stereocenters. The highest BCUT2D eigenvalue weighted by molar-refractivity contribution is 6.37. The van der Waals surface area contributed by atoms with Crippen LogP contribution < -0.4 is 11.5 Å². The minimum atomic E-state index is -0.617. The van der Waals surface area contributed by atoms with E-state index < -0.39 is 12.1 Å². The van der Waals surface area contributed by atoms with Crippen molar-refractivity contribution in [3.8, 4) is 0 Å². The third-order valence-corrected chi connectivity index (χ3v) is 4.37. The van der Waals surface area contributed by atoms with Crippen LogP contribution in [0, 0.1) is 0 Å². The first-order valence-corrected chi connectivity index (χ1v) is 7.33. The normalized spacial score (nSPS) is 14.1. The quantitative estimate of drug-likeness (QED) is 0.819. The van der Waals surface area contributed by atoms with Crippen molar-refractivity contribution in [3.63, 3.8) is 0 Å². The lowest BCUT2D eigenvalue weighted by molar-refractivity contribution is 0.575. The minimum absolute atomic E-state index is 0.462. The zero-order valence-electron chi connectivity index (χ0n) is 10.3. The Kier molecular flexibility index (Phi) is 5.19. The summed E-state index contributed by atoms with van der Waals surface area (Å²) in [5.41, 5.74) is 13.6. The minimum Gasteiger partial charge on any atom is -0.322 e. The molecule has 2 aromatic carbocycles. The van der Waals surface area contributed by atoms with Gasteiger partial charge in [0, 0.05) is 31.2 Å². The second-order valence-electron chi connectivity index (χ2n) is 4.32. The summed E-state index contributed by atoms with van der Waals surface area (Å²) in [6.45, 7) is 0. The number of benzene rings is 2. The Morgan fingerprint density at radius 3 is 1.10 bits per heavy atom. The summed E-state index contributed by atoms with van der Waals surface area (Å²) in [5.74, 6) is 0. The van der Waals surface area contributed by atoms with Crippen LogP contribution in [0.5, 0.6) is 0 Å². The third kappa shape index (κ3) is 3.06. The van der Waals surface area contributed by atoms with Crippen LogP contribution in [0.3, 0.4) is 0 Å². The Hall–Kier alpha value is -0.480. The van der Waals surface area contributed by atoms with E-state index >= 15 is 0 Å². The molecule has 0 aromatic heterocycles. The molecule has 0 saturated carbocycles. The van der Waals surface area contributed by atoms with Gasteiger partial charge in [-0.25, -0.2) is 0 Å². The Morgan fingerprint density at radius 1 is 0.600 bits per heavy atom. The van der Waals surface area contributed by atoms with Crippen LogP contribution in [-0.4, -0.2) is 0 Å². The van der Waals surface area contributed by atoms with Gasteiger partial charge in [-0.15, -0.1) is 0 Å². The maximum absolute atomic E-state index is 6.20. The molecule has 0 spiro atoms. The van der Waals surface area contributed by atoms with Gasteiger partial charge in [0.25, 0.3) is 0 Å². The number of hydrogen-bond acceptors (Lipinski definition) is 2. The summed E-state index contributed by atoms with van der Waals surface area (Å²) in [6, 6.07) is 9.10. The highest BCUT2D eigenvalue weighted by atomic mass is 35.5. The van der Waals surface area contributed by atoms with Gasteiger partial charge in [0.1, 0.15) is 0 Å². The molecule has 106 valence electrons. The van der Waals surface area contributed by atoms with Crippen LogP contribution in [0.25, 0.3) is 0 Å². The summed E-state index contributed by atoms with van der Waals surface area (Å²) in [4.78, 5) is 0. The van der Waals surface area contributed by atoms with E-state index in [9.17, 15) is 0 Å². The van der Waals surface area contributed by atoms with Crippen LogP contribution in [0.15, 0.2) is 36.4 Å². The van der Waals surface area contributed by atoms with Gasteiger partial charge in [0.05, 0.1) is 12.1 Å². The van der Waals surface area contributed by atoms with Gasteiger partial charge >= 0.3 is 0 Å². The molecule has 6 heteroatoms. The van der Waals surface area contributed by atoms with Crippen molar-refractivity contribution in [2.75, 3.05) is 0 Å². The average Bonchev–Trinajstić information content (AvgIpc) is 2.37. The van der Waals surface area contributed by atoms with Crippen molar-refractivity contribution in [2.24, 2.45) is 11.5 Å². The summed E-state index contributed by atoms with van der Waals surface area (Å²) in [6.07, 6.45) is 0. The van der Waals surface area contributed by atoms with Gasteiger partial charge in [0.2, 0.25) is 0 Å². The van der Waals surface area contributed by atoms with Crippen molar-refractivity contribution in [3.05, 3.63) is 67.6 Å². The number of hydrogen-bond donors (Lipinski definition) is 2. The number of nitrogens with two attached hydrogens (primary N) is 2. The fourth-order valence-corrected chi connectivity index (χ4v) is 3.32. The molecule has 0 aliphatic rings. The van der Waals surface area contributed by atoms with Gasteiger partial charge in [-0.1, -0.05) is 58.5 Å². The maximum Gasteiger partial charge on any atom is 0.0521 e. The van der Waals surface area contributed by atoms with E-state index in [1.54, 1.807) is 36.4 Å². The van der Waals surface area contributed by atoms with E-state index in [4.69, 9.17) is 57.9 Å². The van der Waals surface area contributed by atoms with Gasteiger partial charge in [-0.2, -0.15) is 0 Å². The highest BCUT2D eigenvalue weighted by Gasteiger charge is 2.25. The maximum atomic E-state index is 6.20. The summed E-state index contributed by atoms with van der Waals surface area (Å²) < 4.78 is 0. The molecule has 4 N–H and O–H groups in total. The summed E-state index contributed by atoms with van der Waals surface area (Å²) in [7, 11) is 0. The predicted molar refractivity (Wildman–Crippen MR) is 86.8 cm³/mol. The predicted octanol–water partition coefficient (Wildman–Crippen LogP) is 5.00. The van der Waals surface area contributed by atoms with Gasteiger partial charge < -0.3 is 11.5 Å². The van der Waals surface area contributed by atoms with E-state index in [0.29, 0.717) is 31.2 Å². The topological polar surface area (TPSA) is 52.0 Å². The second kappa shape index (κ2) is 6.52. The fraction of sp³-hybridized carbons (Fsp3) is 0.143. The van der Waals surface area contributed by atoms with Crippen LogP contribution in [0.1, 0.15) is 23.2 Å². The molecule has 2 aromatic rings. The standard InChI is InChI=1S/C14H12Cl4N2/c15-7-3-1-4-8(16)11(7)13(19)14(20)12-9(17)5-2-6-10(12)18/h1-6,13-14H,19-20H2/t13-,14+. The van der Waals surface area contributed by atoms with Gasteiger partial charge in [-0.05, 0) is 24.3 Å². The lowest BCUT2D eigenvalue weighted by atomic mass is 9.94. The molecule has 0 amide bonds. The lowest BCUT2D eigenvalue weighted by Gasteiger charge is -2.24. The van der Waals surface area contributed by atoms with E-state index in [1.165, 1.54) is 0 Å². The first-order valence-electron chi connectivity index (χ1n) is 5.82. The average molecular weight is 350 g/mol. The van der Waals surface area contributed by atoms with Crippen LogP contribution >= 0.6 is 46.4 Å². The van der Waals surface area contributed by atoms with E-state index in [-0.39, 0.29) is 0 Å². The lowest BCUT2D eigenvalue weighted by Crippen LogP contribution is -2.27. The molecular weight excluding hydrogens is 338 g/mol. The Balaban J connectivity index is 2.46. The Labute approximate surface area is 137 Å². The molecule has 0 saturated heterocycles. The molecule has 0 bridgehead atoms. The van der Waals surface area contributed by atoms with E-state index in [2.05, 4.69) is 0 Å². The van der Waals surface area contributed by atoms with Crippen molar-refractivity contribution in [1.29, 1.82) is 0 Å². The van der Waals surface area contributed by atoms with Crippen molar-refractivity contribution in [1.82, 2.24) is 0 Å². The molecular formula is C14H12Cl4N2. The molecule has 0 fully saturated rings. The van der Waals surface area contributed by atoms with Crippen molar-refractivity contribution in [2.45, 2.75) is 12.1 Å². The largest absolute Gasteiger partial charge is 0.322 e. The SMILES string of the molecule is N[C@H](c1c(Cl)cccc1Cl)[C@@H](N)c1c(Cl)cccc1Cl. The monoisotopic (exact) mass is 348 g/mol. The third-order valence-electron chi connectivity index (χ3n) is 3.05. The molecule has 0 heterocycles. The molecule has 2 rings (SSSR count). The van der Waals surface area contributed by atoms with Gasteiger partial charge in [0.15, 0.2) is 0 Å². The number of halogens is 4. The van der Waals surface area contributed by atoms with E-state index in [0.717, 1.165) is 0 Å². The van der Waals surface area contributed by atoms with Crippen LogP contribution in [0.2, 0.25) is 20.1 Å². The molecule has 0 aliphatic heterocycles. The second-order valence-corrected chi connectivity index (χ2v) is 5.95. The zero-order chi connectivity index (χ0) is 14.9. The molecule has 0 radical (unpaired) electrons. The first-order chi connectivity index (χ1) is 9.43. The van der Waals surface area contributed by atoms with E-state index in [1.807, 2.05) is 0 Å². The van der Waals surface area contributed by atoms with Crippen molar-refractivity contribution >= 4 is 46.4 Å². The fourth-order valence-electron chi connectivity index (χ4n) is 2.02.